The Balaban J connectivity index is 1.42. The molecule has 0 bridgehead atoms. The minimum Gasteiger partial charge on any atom is -0.451 e. The first-order chi connectivity index (χ1) is 15.0. The van der Waals surface area contributed by atoms with Gasteiger partial charge in [0.2, 0.25) is 0 Å². The number of carbonyl (C=O) groups excluding carboxylic acids is 2. The zero-order chi connectivity index (χ0) is 21.8. The summed E-state index contributed by atoms with van der Waals surface area (Å²) < 4.78 is 6.43. The number of rotatable bonds is 7. The monoisotopic (exact) mass is 453 g/mol. The van der Waals surface area contributed by atoms with Gasteiger partial charge in [-0.25, -0.2) is 4.98 Å². The Hall–Kier alpha value is -3.30. The Morgan fingerprint density at radius 3 is 2.71 bits per heavy atom. The fourth-order valence-electron chi connectivity index (χ4n) is 3.05. The Kier molecular flexibility index (Phi) is 6.24. The number of hydrogen-bond acceptors (Lipinski definition) is 7. The van der Waals surface area contributed by atoms with Gasteiger partial charge in [0.1, 0.15) is 11.4 Å². The third kappa shape index (κ3) is 4.73. The summed E-state index contributed by atoms with van der Waals surface area (Å²) in [6.07, 6.45) is 0.354. The fourth-order valence-corrected chi connectivity index (χ4v) is 4.77. The zero-order valence-electron chi connectivity index (χ0n) is 16.6. The first-order valence-electron chi connectivity index (χ1n) is 9.54. The molecule has 9 heteroatoms. The van der Waals surface area contributed by atoms with Gasteiger partial charge in [0.25, 0.3) is 11.5 Å². The highest BCUT2D eigenvalue weighted by Gasteiger charge is 2.20. The minimum atomic E-state index is -0.980. The van der Waals surface area contributed by atoms with Gasteiger partial charge in [-0.05, 0) is 23.9 Å². The van der Waals surface area contributed by atoms with E-state index in [1.54, 1.807) is 0 Å². The Morgan fingerprint density at radius 2 is 1.97 bits per heavy atom. The summed E-state index contributed by atoms with van der Waals surface area (Å²) >= 11 is 2.92. The molecule has 3 aromatic heterocycles. The minimum absolute atomic E-state index is 0.312. The fraction of sp³-hybridized carbons (Fsp3) is 0.182. The van der Waals surface area contributed by atoms with Crippen LogP contribution in [0.4, 0.5) is 0 Å². The molecule has 1 atom stereocenters. The van der Waals surface area contributed by atoms with Crippen molar-refractivity contribution in [3.05, 3.63) is 75.5 Å². The quantitative estimate of drug-likeness (QED) is 0.433. The normalized spacial score (nSPS) is 11.9. The van der Waals surface area contributed by atoms with E-state index in [0.29, 0.717) is 16.8 Å². The molecule has 0 saturated carbocycles. The molecule has 1 N–H and O–H groups in total. The summed E-state index contributed by atoms with van der Waals surface area (Å²) in [7, 11) is 0. The second-order valence-electron chi connectivity index (χ2n) is 6.82. The maximum absolute atomic E-state index is 13.0. The molecule has 1 aromatic carbocycles. The molecule has 0 aliphatic heterocycles. The molecular weight excluding hydrogens is 434 g/mol. The van der Waals surface area contributed by atoms with Crippen LogP contribution in [0.2, 0.25) is 0 Å². The van der Waals surface area contributed by atoms with E-state index in [4.69, 9.17) is 4.74 Å². The average molecular weight is 454 g/mol. The number of benzene rings is 1. The molecule has 0 aliphatic carbocycles. The van der Waals surface area contributed by atoms with Crippen molar-refractivity contribution in [1.82, 2.24) is 14.9 Å². The first kappa shape index (κ1) is 21.0. The maximum Gasteiger partial charge on any atom is 0.326 e. The zero-order valence-corrected chi connectivity index (χ0v) is 18.2. The highest BCUT2D eigenvalue weighted by molar-refractivity contribution is 7.18. The highest BCUT2D eigenvalue weighted by atomic mass is 32.1. The van der Waals surface area contributed by atoms with Crippen LogP contribution in [0.15, 0.2) is 64.3 Å². The van der Waals surface area contributed by atoms with Crippen LogP contribution < -0.4 is 10.9 Å². The van der Waals surface area contributed by atoms with Crippen LogP contribution in [0.1, 0.15) is 12.5 Å². The standard InChI is InChI=1S/C22H19N3O4S2/c1-14(20(27)23-10-15-6-3-2-4-7-15)29-18(26)11-25-13-24-21-19(22(25)28)16(12-31-21)17-8-5-9-30-17/h2-9,12-14H,10-11H2,1H3,(H,23,27). The molecule has 0 saturated heterocycles. The number of esters is 1. The number of hydrogen-bond donors (Lipinski definition) is 1. The van der Waals surface area contributed by atoms with Crippen molar-refractivity contribution < 1.29 is 14.3 Å². The second-order valence-corrected chi connectivity index (χ2v) is 8.63. The van der Waals surface area contributed by atoms with Crippen molar-refractivity contribution in [2.75, 3.05) is 0 Å². The molecule has 158 valence electrons. The molecule has 4 rings (SSSR count). The number of carbonyl (C=O) groups is 2. The van der Waals surface area contributed by atoms with Gasteiger partial charge in [0.15, 0.2) is 6.10 Å². The van der Waals surface area contributed by atoms with Gasteiger partial charge in [-0.1, -0.05) is 36.4 Å². The van der Waals surface area contributed by atoms with E-state index in [9.17, 15) is 14.4 Å². The van der Waals surface area contributed by atoms with Gasteiger partial charge in [-0.3, -0.25) is 19.0 Å². The molecular formula is C22H19N3O4S2. The summed E-state index contributed by atoms with van der Waals surface area (Å²) in [4.78, 5) is 43.4. The van der Waals surface area contributed by atoms with Gasteiger partial charge in [0, 0.05) is 22.4 Å². The van der Waals surface area contributed by atoms with E-state index in [1.807, 2.05) is 53.2 Å². The van der Waals surface area contributed by atoms with E-state index in [1.165, 1.54) is 40.5 Å². The van der Waals surface area contributed by atoms with Gasteiger partial charge in [0.05, 0.1) is 11.7 Å². The molecule has 0 fully saturated rings. The third-order valence-corrected chi connectivity index (χ3v) is 6.42. The van der Waals surface area contributed by atoms with Crippen LogP contribution in [0.3, 0.4) is 0 Å². The lowest BCUT2D eigenvalue weighted by Gasteiger charge is -2.14. The average Bonchev–Trinajstić information content (AvgIpc) is 3.44. The van der Waals surface area contributed by atoms with Crippen LogP contribution in [0.25, 0.3) is 20.7 Å². The molecule has 31 heavy (non-hydrogen) atoms. The van der Waals surface area contributed by atoms with Crippen molar-refractivity contribution in [2.45, 2.75) is 26.1 Å². The van der Waals surface area contributed by atoms with Crippen molar-refractivity contribution in [3.63, 3.8) is 0 Å². The highest BCUT2D eigenvalue weighted by Crippen LogP contribution is 2.33. The van der Waals surface area contributed by atoms with E-state index >= 15 is 0 Å². The lowest BCUT2D eigenvalue weighted by Crippen LogP contribution is -2.36. The van der Waals surface area contributed by atoms with Crippen LogP contribution in [-0.2, 0) is 27.4 Å². The van der Waals surface area contributed by atoms with Crippen molar-refractivity contribution in [2.24, 2.45) is 0 Å². The van der Waals surface area contributed by atoms with Gasteiger partial charge >= 0.3 is 5.97 Å². The smallest absolute Gasteiger partial charge is 0.326 e. The number of amides is 1. The molecule has 0 aliphatic rings. The maximum atomic E-state index is 13.0. The van der Waals surface area contributed by atoms with Gasteiger partial charge in [-0.15, -0.1) is 22.7 Å². The third-order valence-electron chi connectivity index (χ3n) is 4.63. The topological polar surface area (TPSA) is 90.3 Å². The Labute approximate surface area is 185 Å². The number of ether oxygens (including phenoxy) is 1. The predicted octanol–water partition coefficient (Wildman–Crippen LogP) is 3.43. The van der Waals surface area contributed by atoms with Crippen LogP contribution in [-0.4, -0.2) is 27.5 Å². The predicted molar refractivity (Wildman–Crippen MR) is 121 cm³/mol. The number of nitrogens with one attached hydrogen (secondary N) is 1. The summed E-state index contributed by atoms with van der Waals surface area (Å²) in [5, 5.41) is 7.05. The van der Waals surface area contributed by atoms with Crippen molar-refractivity contribution in [3.8, 4) is 10.4 Å². The molecule has 0 radical (unpaired) electrons. The van der Waals surface area contributed by atoms with Crippen molar-refractivity contribution in [1.29, 1.82) is 0 Å². The summed E-state index contributed by atoms with van der Waals surface area (Å²) in [5.41, 5.74) is 1.44. The number of fused-ring (bicyclic) bond motifs is 1. The van der Waals surface area contributed by atoms with Crippen LogP contribution >= 0.6 is 22.7 Å². The van der Waals surface area contributed by atoms with E-state index in [-0.39, 0.29) is 12.1 Å². The number of nitrogens with zero attached hydrogens (tertiary/aromatic N) is 2. The summed E-state index contributed by atoms with van der Waals surface area (Å²) in [6, 6.07) is 13.3. The van der Waals surface area contributed by atoms with Gasteiger partial charge < -0.3 is 10.1 Å². The number of aromatic nitrogens is 2. The van der Waals surface area contributed by atoms with E-state index in [0.717, 1.165) is 16.0 Å². The van der Waals surface area contributed by atoms with E-state index in [2.05, 4.69) is 10.3 Å². The summed E-state index contributed by atoms with van der Waals surface area (Å²) in [5.74, 6) is -1.09. The lowest BCUT2D eigenvalue weighted by molar-refractivity contribution is -0.155. The molecule has 3 heterocycles. The first-order valence-corrected chi connectivity index (χ1v) is 11.3. The second kappa shape index (κ2) is 9.23. The SMILES string of the molecule is CC(OC(=O)Cn1cnc2scc(-c3cccs3)c2c1=O)C(=O)NCc1ccccc1. The molecule has 0 spiro atoms. The lowest BCUT2D eigenvalue weighted by atomic mass is 10.2. The largest absolute Gasteiger partial charge is 0.451 e. The molecule has 4 aromatic rings. The molecule has 1 unspecified atom stereocenters. The van der Waals surface area contributed by atoms with Crippen LogP contribution in [0, 0.1) is 0 Å². The van der Waals surface area contributed by atoms with Gasteiger partial charge in [-0.2, -0.15) is 0 Å². The Bertz CT molecular complexity index is 1260. The Morgan fingerprint density at radius 1 is 1.16 bits per heavy atom. The summed E-state index contributed by atoms with van der Waals surface area (Å²) in [6.45, 7) is 1.51. The number of thiophene rings is 2. The van der Waals surface area contributed by atoms with Crippen molar-refractivity contribution >= 4 is 44.8 Å². The van der Waals surface area contributed by atoms with Crippen LogP contribution in [0.5, 0.6) is 0 Å². The van der Waals surface area contributed by atoms with E-state index < -0.39 is 18.0 Å². The molecule has 7 nitrogen and oxygen atoms in total. The molecule has 1 amide bonds.